The van der Waals surface area contributed by atoms with Gasteiger partial charge in [0.1, 0.15) is 17.3 Å². The van der Waals surface area contributed by atoms with Crippen molar-refractivity contribution < 1.29 is 9.13 Å². The summed E-state index contributed by atoms with van der Waals surface area (Å²) in [6.07, 6.45) is 1.45. The molecule has 2 N–H and O–H groups in total. The van der Waals surface area contributed by atoms with Gasteiger partial charge in [0, 0.05) is 6.04 Å². The molecule has 2 rings (SSSR count). The summed E-state index contributed by atoms with van der Waals surface area (Å²) in [5.74, 6) is 1.21. The summed E-state index contributed by atoms with van der Waals surface area (Å²) in [6.45, 7) is 6.04. The van der Waals surface area contributed by atoms with E-state index in [4.69, 9.17) is 10.5 Å². The van der Waals surface area contributed by atoms with Crippen LogP contribution in [0.4, 0.5) is 4.39 Å². The number of hydrogen-bond acceptors (Lipinski definition) is 2. The number of aryl methyl sites for hydroxylation is 2. The van der Waals surface area contributed by atoms with Crippen LogP contribution in [-0.4, -0.2) is 6.04 Å². The molecule has 0 amide bonds. The number of hydrogen-bond donors (Lipinski definition) is 1. The molecule has 1 atom stereocenters. The lowest BCUT2D eigenvalue weighted by Crippen LogP contribution is -2.21. The third kappa shape index (κ3) is 4.05. The van der Waals surface area contributed by atoms with Gasteiger partial charge >= 0.3 is 0 Å². The second-order valence-electron chi connectivity index (χ2n) is 5.50. The lowest BCUT2D eigenvalue weighted by atomic mass is 10.0. The van der Waals surface area contributed by atoms with Crippen molar-refractivity contribution >= 4 is 0 Å². The van der Waals surface area contributed by atoms with Gasteiger partial charge in [-0.05, 0) is 67.6 Å². The fourth-order valence-corrected chi connectivity index (χ4v) is 2.17. The summed E-state index contributed by atoms with van der Waals surface area (Å²) < 4.78 is 19.5. The Morgan fingerprint density at radius 1 is 1.10 bits per heavy atom. The van der Waals surface area contributed by atoms with E-state index in [0.29, 0.717) is 12.2 Å². The molecule has 0 spiro atoms. The average Bonchev–Trinajstić information content (AvgIpc) is 2.45. The van der Waals surface area contributed by atoms with Crippen molar-refractivity contribution in [2.45, 2.75) is 39.7 Å². The van der Waals surface area contributed by atoms with Crippen LogP contribution in [0.15, 0.2) is 36.4 Å². The largest absolute Gasteiger partial charge is 0.457 e. The molecule has 0 saturated carbocycles. The second-order valence-corrected chi connectivity index (χ2v) is 5.50. The first kappa shape index (κ1) is 15.5. The summed E-state index contributed by atoms with van der Waals surface area (Å²) >= 11 is 0. The molecule has 0 aliphatic heterocycles. The van der Waals surface area contributed by atoms with Gasteiger partial charge in [-0.2, -0.15) is 0 Å². The molecule has 0 aromatic heterocycles. The Hall–Kier alpha value is -1.87. The zero-order chi connectivity index (χ0) is 15.4. The minimum Gasteiger partial charge on any atom is -0.457 e. The number of nitrogens with two attached hydrogens (primary N) is 1. The fraction of sp³-hybridized carbons (Fsp3) is 0.333. The van der Waals surface area contributed by atoms with Crippen LogP contribution < -0.4 is 10.5 Å². The van der Waals surface area contributed by atoms with Gasteiger partial charge in [0.05, 0.1) is 0 Å². The molecular formula is C18H22FNO. The Kier molecular flexibility index (Phi) is 4.97. The van der Waals surface area contributed by atoms with E-state index in [-0.39, 0.29) is 11.9 Å². The Bertz CT molecular complexity index is 625. The normalized spacial score (nSPS) is 12.2. The third-order valence-electron chi connectivity index (χ3n) is 3.59. The molecule has 1 unspecified atom stereocenters. The van der Waals surface area contributed by atoms with Crippen molar-refractivity contribution in [3.05, 3.63) is 58.9 Å². The van der Waals surface area contributed by atoms with Crippen molar-refractivity contribution in [2.24, 2.45) is 5.73 Å². The molecule has 0 radical (unpaired) electrons. The lowest BCUT2D eigenvalue weighted by molar-refractivity contribution is 0.465. The molecule has 2 aromatic rings. The zero-order valence-corrected chi connectivity index (χ0v) is 12.8. The highest BCUT2D eigenvalue weighted by Crippen LogP contribution is 2.30. The summed E-state index contributed by atoms with van der Waals surface area (Å²) in [5, 5.41) is 0. The maximum Gasteiger partial charge on any atom is 0.130 e. The highest BCUT2D eigenvalue weighted by atomic mass is 19.1. The minimum atomic E-state index is -0.262. The quantitative estimate of drug-likeness (QED) is 0.877. The number of ether oxygens (including phenoxy) is 1. The summed E-state index contributed by atoms with van der Waals surface area (Å²) in [6, 6.07) is 10.7. The maximum atomic E-state index is 13.5. The Labute approximate surface area is 125 Å². The SMILES string of the molecule is CCC(N)Cc1cc(F)ccc1Oc1cc(C)ccc1C. The summed E-state index contributed by atoms with van der Waals surface area (Å²) in [7, 11) is 0. The van der Waals surface area contributed by atoms with E-state index in [0.717, 1.165) is 28.9 Å². The van der Waals surface area contributed by atoms with E-state index in [9.17, 15) is 4.39 Å². The lowest BCUT2D eigenvalue weighted by Gasteiger charge is -2.16. The van der Waals surface area contributed by atoms with Gasteiger partial charge in [-0.15, -0.1) is 0 Å². The minimum absolute atomic E-state index is 0.00718. The van der Waals surface area contributed by atoms with E-state index in [1.54, 1.807) is 6.07 Å². The van der Waals surface area contributed by atoms with Crippen molar-refractivity contribution in [3.63, 3.8) is 0 Å². The summed E-state index contributed by atoms with van der Waals surface area (Å²) in [4.78, 5) is 0. The molecule has 0 aliphatic carbocycles. The van der Waals surface area contributed by atoms with Crippen molar-refractivity contribution in [2.75, 3.05) is 0 Å². The molecule has 21 heavy (non-hydrogen) atoms. The predicted molar refractivity (Wildman–Crippen MR) is 84.4 cm³/mol. The first-order chi connectivity index (χ1) is 9.99. The van der Waals surface area contributed by atoms with E-state index in [1.165, 1.54) is 12.1 Å². The van der Waals surface area contributed by atoms with Crippen LogP contribution >= 0.6 is 0 Å². The first-order valence-corrected chi connectivity index (χ1v) is 7.28. The van der Waals surface area contributed by atoms with E-state index in [2.05, 4.69) is 0 Å². The van der Waals surface area contributed by atoms with Crippen LogP contribution in [0.3, 0.4) is 0 Å². The van der Waals surface area contributed by atoms with Gasteiger partial charge in [0.25, 0.3) is 0 Å². The Morgan fingerprint density at radius 2 is 1.86 bits per heavy atom. The van der Waals surface area contributed by atoms with E-state index < -0.39 is 0 Å². The van der Waals surface area contributed by atoms with E-state index in [1.807, 2.05) is 39.0 Å². The van der Waals surface area contributed by atoms with Crippen LogP contribution in [0.5, 0.6) is 11.5 Å². The van der Waals surface area contributed by atoms with Crippen LogP contribution in [-0.2, 0) is 6.42 Å². The van der Waals surface area contributed by atoms with Gasteiger partial charge in [-0.3, -0.25) is 0 Å². The van der Waals surface area contributed by atoms with Gasteiger partial charge in [0.2, 0.25) is 0 Å². The van der Waals surface area contributed by atoms with Gasteiger partial charge in [0.15, 0.2) is 0 Å². The van der Waals surface area contributed by atoms with E-state index >= 15 is 0 Å². The van der Waals surface area contributed by atoms with Crippen molar-refractivity contribution in [1.82, 2.24) is 0 Å². The van der Waals surface area contributed by atoms with Crippen LogP contribution in [0.2, 0.25) is 0 Å². The first-order valence-electron chi connectivity index (χ1n) is 7.28. The van der Waals surface area contributed by atoms with Crippen LogP contribution in [0.1, 0.15) is 30.0 Å². The van der Waals surface area contributed by atoms with Crippen LogP contribution in [0.25, 0.3) is 0 Å². The average molecular weight is 287 g/mol. The Morgan fingerprint density at radius 3 is 2.57 bits per heavy atom. The standard InChI is InChI=1S/C18H22FNO/c1-4-16(20)11-14-10-15(19)7-8-17(14)21-18-9-12(2)5-6-13(18)3/h5-10,16H,4,11,20H2,1-3H3. The fourth-order valence-electron chi connectivity index (χ4n) is 2.17. The topological polar surface area (TPSA) is 35.2 Å². The van der Waals surface area contributed by atoms with Gasteiger partial charge in [-0.25, -0.2) is 4.39 Å². The van der Waals surface area contributed by atoms with Crippen molar-refractivity contribution in [1.29, 1.82) is 0 Å². The van der Waals surface area contributed by atoms with Gasteiger partial charge in [-0.1, -0.05) is 19.1 Å². The molecule has 112 valence electrons. The molecule has 0 aliphatic rings. The van der Waals surface area contributed by atoms with Gasteiger partial charge < -0.3 is 10.5 Å². The molecule has 2 aromatic carbocycles. The number of rotatable bonds is 5. The molecule has 3 heteroatoms. The molecular weight excluding hydrogens is 265 g/mol. The zero-order valence-electron chi connectivity index (χ0n) is 12.8. The molecule has 0 heterocycles. The van der Waals surface area contributed by atoms with Crippen molar-refractivity contribution in [3.8, 4) is 11.5 Å². The number of benzene rings is 2. The molecule has 0 fully saturated rings. The predicted octanol–water partition coefficient (Wildman–Crippen LogP) is 4.51. The summed E-state index contributed by atoms with van der Waals surface area (Å²) in [5.41, 5.74) is 8.98. The highest BCUT2D eigenvalue weighted by Gasteiger charge is 2.11. The highest BCUT2D eigenvalue weighted by molar-refractivity contribution is 5.43. The second kappa shape index (κ2) is 6.72. The smallest absolute Gasteiger partial charge is 0.130 e. The molecule has 0 bridgehead atoms. The third-order valence-corrected chi connectivity index (χ3v) is 3.59. The molecule has 0 saturated heterocycles. The monoisotopic (exact) mass is 287 g/mol. The van der Waals surface area contributed by atoms with Crippen LogP contribution in [0, 0.1) is 19.7 Å². The number of halogens is 1. The maximum absolute atomic E-state index is 13.5. The molecule has 2 nitrogen and oxygen atoms in total. The Balaban J connectivity index is 2.32.